The lowest BCUT2D eigenvalue weighted by Gasteiger charge is -2.24. The Morgan fingerprint density at radius 1 is 1.10 bits per heavy atom. The Labute approximate surface area is 181 Å². The molecule has 1 fully saturated rings. The molecule has 1 saturated heterocycles. The highest BCUT2D eigenvalue weighted by atomic mass is 16.5. The zero-order valence-electron chi connectivity index (χ0n) is 18.1. The van der Waals surface area contributed by atoms with Crippen LogP contribution in [0, 0.1) is 0 Å². The minimum absolute atomic E-state index is 0.404. The molecule has 2 aromatic rings. The normalized spacial score (nSPS) is 19.0. The van der Waals surface area contributed by atoms with Crippen molar-refractivity contribution in [3.63, 3.8) is 0 Å². The highest BCUT2D eigenvalue weighted by Gasteiger charge is 2.50. The Hall–Kier alpha value is -3.55. The van der Waals surface area contributed by atoms with Gasteiger partial charge >= 0.3 is 6.03 Å². The summed E-state index contributed by atoms with van der Waals surface area (Å²) >= 11 is 0. The van der Waals surface area contributed by atoms with E-state index in [0.29, 0.717) is 24.3 Å². The standard InChI is InChI=1S/C23H27N3O5/c1-15(20(27)24-18-7-5-6-8-19(18)31-4)26-21(28)23(2,25-22(26)29)14-13-16-9-11-17(30-3)12-10-16/h5-12,15H,13-14H2,1-4H3,(H,24,27)(H,25,29)/t15-,23+/m1/s1. The van der Waals surface area contributed by atoms with Crippen molar-refractivity contribution >= 4 is 23.5 Å². The average molecular weight is 425 g/mol. The molecule has 4 amide bonds. The van der Waals surface area contributed by atoms with Gasteiger partial charge in [-0.3, -0.25) is 9.59 Å². The fourth-order valence-electron chi connectivity index (χ4n) is 3.52. The minimum atomic E-state index is -1.09. The summed E-state index contributed by atoms with van der Waals surface area (Å²) in [4.78, 5) is 39.4. The van der Waals surface area contributed by atoms with Crippen molar-refractivity contribution in [1.29, 1.82) is 0 Å². The maximum atomic E-state index is 13.1. The summed E-state index contributed by atoms with van der Waals surface area (Å²) in [7, 11) is 3.10. The van der Waals surface area contributed by atoms with E-state index in [1.54, 1.807) is 38.3 Å². The van der Waals surface area contributed by atoms with Crippen molar-refractivity contribution in [3.8, 4) is 11.5 Å². The van der Waals surface area contributed by atoms with Crippen LogP contribution in [-0.4, -0.2) is 48.5 Å². The summed E-state index contributed by atoms with van der Waals surface area (Å²) in [6, 6.07) is 12.9. The molecular formula is C23H27N3O5. The molecule has 3 rings (SSSR count). The molecule has 0 aromatic heterocycles. The van der Waals surface area contributed by atoms with Crippen LogP contribution in [0.1, 0.15) is 25.8 Å². The summed E-state index contributed by atoms with van der Waals surface area (Å²) < 4.78 is 10.4. The second kappa shape index (κ2) is 9.07. The second-order valence-corrected chi connectivity index (χ2v) is 7.65. The van der Waals surface area contributed by atoms with E-state index in [9.17, 15) is 14.4 Å². The first-order chi connectivity index (χ1) is 14.8. The number of urea groups is 1. The second-order valence-electron chi connectivity index (χ2n) is 7.65. The van der Waals surface area contributed by atoms with E-state index in [0.717, 1.165) is 16.2 Å². The molecule has 0 radical (unpaired) electrons. The van der Waals surface area contributed by atoms with E-state index < -0.39 is 29.4 Å². The lowest BCUT2D eigenvalue weighted by atomic mass is 9.93. The van der Waals surface area contributed by atoms with Gasteiger partial charge < -0.3 is 20.1 Å². The number of methoxy groups -OCH3 is 2. The number of nitrogens with one attached hydrogen (secondary N) is 2. The van der Waals surface area contributed by atoms with Crippen LogP contribution in [0.2, 0.25) is 0 Å². The molecular weight excluding hydrogens is 398 g/mol. The van der Waals surface area contributed by atoms with Crippen LogP contribution in [0.15, 0.2) is 48.5 Å². The van der Waals surface area contributed by atoms with E-state index in [4.69, 9.17) is 9.47 Å². The van der Waals surface area contributed by atoms with Gasteiger partial charge in [-0.1, -0.05) is 24.3 Å². The van der Waals surface area contributed by atoms with Crippen molar-refractivity contribution in [1.82, 2.24) is 10.2 Å². The molecule has 0 saturated carbocycles. The minimum Gasteiger partial charge on any atom is -0.497 e. The van der Waals surface area contributed by atoms with Gasteiger partial charge in [-0.25, -0.2) is 9.69 Å². The van der Waals surface area contributed by atoms with E-state index in [-0.39, 0.29) is 0 Å². The van der Waals surface area contributed by atoms with Gasteiger partial charge in [0.15, 0.2) is 0 Å². The summed E-state index contributed by atoms with van der Waals surface area (Å²) in [6.45, 7) is 3.21. The summed E-state index contributed by atoms with van der Waals surface area (Å²) in [5.41, 5.74) is 0.399. The predicted molar refractivity (Wildman–Crippen MR) is 116 cm³/mol. The third-order valence-electron chi connectivity index (χ3n) is 5.50. The molecule has 31 heavy (non-hydrogen) atoms. The molecule has 1 aliphatic rings. The molecule has 1 heterocycles. The topological polar surface area (TPSA) is 97.0 Å². The van der Waals surface area contributed by atoms with E-state index in [1.807, 2.05) is 24.3 Å². The summed E-state index contributed by atoms with van der Waals surface area (Å²) in [5, 5.41) is 5.48. The van der Waals surface area contributed by atoms with Crippen LogP contribution in [0.25, 0.3) is 0 Å². The summed E-state index contributed by atoms with van der Waals surface area (Å²) in [6.07, 6.45) is 0.989. The van der Waals surface area contributed by atoms with Gasteiger partial charge in [0, 0.05) is 0 Å². The highest BCUT2D eigenvalue weighted by Crippen LogP contribution is 2.27. The SMILES string of the molecule is COc1ccc(CC[C@]2(C)NC(=O)N([C@H](C)C(=O)Nc3ccccc3OC)C2=O)cc1. The number of imide groups is 1. The van der Waals surface area contributed by atoms with Gasteiger partial charge in [-0.15, -0.1) is 0 Å². The van der Waals surface area contributed by atoms with Crippen LogP contribution in [-0.2, 0) is 16.0 Å². The van der Waals surface area contributed by atoms with Gasteiger partial charge in [0.1, 0.15) is 23.1 Å². The number of aryl methyl sites for hydroxylation is 1. The van der Waals surface area contributed by atoms with Gasteiger partial charge in [0.05, 0.1) is 19.9 Å². The maximum Gasteiger partial charge on any atom is 0.325 e. The third kappa shape index (κ3) is 4.63. The largest absolute Gasteiger partial charge is 0.497 e. The predicted octanol–water partition coefficient (Wildman–Crippen LogP) is 2.97. The average Bonchev–Trinajstić information content (AvgIpc) is 3.00. The third-order valence-corrected chi connectivity index (χ3v) is 5.50. The zero-order chi connectivity index (χ0) is 22.6. The molecule has 2 N–H and O–H groups in total. The zero-order valence-corrected chi connectivity index (χ0v) is 18.1. The number of anilines is 1. The van der Waals surface area contributed by atoms with Gasteiger partial charge in [-0.05, 0) is 56.5 Å². The smallest absolute Gasteiger partial charge is 0.325 e. The van der Waals surface area contributed by atoms with Crippen LogP contribution in [0.3, 0.4) is 0 Å². The van der Waals surface area contributed by atoms with Crippen LogP contribution in [0.5, 0.6) is 11.5 Å². The maximum absolute atomic E-state index is 13.1. The molecule has 8 heteroatoms. The van der Waals surface area contributed by atoms with Crippen LogP contribution >= 0.6 is 0 Å². The van der Waals surface area contributed by atoms with Gasteiger partial charge in [-0.2, -0.15) is 0 Å². The fourth-order valence-corrected chi connectivity index (χ4v) is 3.52. The van der Waals surface area contributed by atoms with E-state index >= 15 is 0 Å². The number of carbonyl (C=O) groups excluding carboxylic acids is 3. The lowest BCUT2D eigenvalue weighted by Crippen LogP contribution is -2.48. The Morgan fingerprint density at radius 2 is 1.77 bits per heavy atom. The molecule has 1 aliphatic heterocycles. The van der Waals surface area contributed by atoms with E-state index in [1.165, 1.54) is 14.0 Å². The molecule has 164 valence electrons. The highest BCUT2D eigenvalue weighted by molar-refractivity contribution is 6.11. The number of ether oxygens (including phenoxy) is 2. The van der Waals surface area contributed by atoms with Crippen molar-refractivity contribution in [2.24, 2.45) is 0 Å². The Bertz CT molecular complexity index is 975. The monoisotopic (exact) mass is 425 g/mol. The number of hydrogen-bond donors (Lipinski definition) is 2. The molecule has 8 nitrogen and oxygen atoms in total. The Morgan fingerprint density at radius 3 is 2.42 bits per heavy atom. The van der Waals surface area contributed by atoms with Crippen LogP contribution in [0.4, 0.5) is 10.5 Å². The Kier molecular flexibility index (Phi) is 6.48. The number of carbonyl (C=O) groups is 3. The number of nitrogens with zero attached hydrogens (tertiary/aromatic N) is 1. The van der Waals surface area contributed by atoms with Gasteiger partial charge in [0.2, 0.25) is 5.91 Å². The van der Waals surface area contributed by atoms with Crippen molar-refractivity contribution in [3.05, 3.63) is 54.1 Å². The number of benzene rings is 2. The van der Waals surface area contributed by atoms with E-state index in [2.05, 4.69) is 10.6 Å². The first-order valence-electron chi connectivity index (χ1n) is 10.0. The van der Waals surface area contributed by atoms with Crippen molar-refractivity contribution in [2.75, 3.05) is 19.5 Å². The number of rotatable bonds is 8. The number of hydrogen-bond acceptors (Lipinski definition) is 5. The van der Waals surface area contributed by atoms with Crippen molar-refractivity contribution < 1.29 is 23.9 Å². The first-order valence-corrected chi connectivity index (χ1v) is 10.0. The molecule has 0 aliphatic carbocycles. The molecule has 2 aromatic carbocycles. The molecule has 2 atom stereocenters. The lowest BCUT2D eigenvalue weighted by molar-refractivity contribution is -0.136. The van der Waals surface area contributed by atoms with Crippen LogP contribution < -0.4 is 20.1 Å². The van der Waals surface area contributed by atoms with Gasteiger partial charge in [0.25, 0.3) is 5.91 Å². The Balaban J connectivity index is 1.68. The van der Waals surface area contributed by atoms with Crippen molar-refractivity contribution in [2.45, 2.75) is 38.3 Å². The fraction of sp³-hybridized carbons (Fsp3) is 0.348. The quantitative estimate of drug-likeness (QED) is 0.634. The molecule has 0 spiro atoms. The first kappa shape index (κ1) is 22.1. The number of amides is 4. The molecule has 0 bridgehead atoms. The molecule has 0 unspecified atom stereocenters. The summed E-state index contributed by atoms with van der Waals surface area (Å²) in [5.74, 6) is 0.340. The number of para-hydroxylation sites is 2.